The Morgan fingerprint density at radius 1 is 0.700 bits per heavy atom. The Balaban J connectivity index is 0.00000320. The van der Waals surface area contributed by atoms with Crippen molar-refractivity contribution in [2.75, 3.05) is 12.8 Å². The summed E-state index contributed by atoms with van der Waals surface area (Å²) in [5, 5.41) is 4.39. The molecule has 0 saturated heterocycles. The van der Waals surface area contributed by atoms with Crippen LogP contribution in [-0.2, 0) is 4.43 Å². The van der Waals surface area contributed by atoms with Crippen LogP contribution in [0.15, 0.2) is 91.0 Å². The van der Waals surface area contributed by atoms with Gasteiger partial charge in [0.15, 0.2) is 8.32 Å². The van der Waals surface area contributed by atoms with Gasteiger partial charge in [0, 0.05) is 12.5 Å². The third kappa shape index (κ3) is 6.26. The molecule has 3 aromatic rings. The van der Waals surface area contributed by atoms with Gasteiger partial charge in [-0.05, 0) is 62.5 Å². The molecule has 4 heteroatoms. The van der Waals surface area contributed by atoms with Crippen LogP contribution in [0.4, 0.5) is 0 Å². The van der Waals surface area contributed by atoms with Crippen molar-refractivity contribution >= 4 is 31.5 Å². The first-order chi connectivity index (χ1) is 14.0. The van der Waals surface area contributed by atoms with Crippen LogP contribution in [0.3, 0.4) is 0 Å². The molecule has 0 aliphatic heterocycles. The van der Waals surface area contributed by atoms with Gasteiger partial charge in [0.1, 0.15) is 23.2 Å². The van der Waals surface area contributed by atoms with Gasteiger partial charge in [-0.15, -0.1) is 0 Å². The highest BCUT2D eigenvalue weighted by Crippen LogP contribution is 2.56. The van der Waals surface area contributed by atoms with Crippen molar-refractivity contribution < 1.29 is 28.4 Å². The van der Waals surface area contributed by atoms with Crippen molar-refractivity contribution in [3.63, 3.8) is 0 Å². The maximum absolute atomic E-state index is 6.39. The summed E-state index contributed by atoms with van der Waals surface area (Å²) in [6, 6.07) is 33.5. The molecule has 3 rings (SSSR count). The fourth-order valence-corrected chi connectivity index (χ4v) is 9.31. The number of hydrogen-bond donors (Lipinski definition) is 0. The minimum absolute atomic E-state index is 0. The highest BCUT2D eigenvalue weighted by atomic mass is 127. The summed E-state index contributed by atoms with van der Waals surface area (Å²) in [6.07, 6.45) is 2.28. The minimum Gasteiger partial charge on any atom is -1.00 e. The van der Waals surface area contributed by atoms with Crippen LogP contribution in [0.5, 0.6) is 0 Å². The van der Waals surface area contributed by atoms with E-state index in [1.165, 1.54) is 15.9 Å². The molecule has 30 heavy (non-hydrogen) atoms. The summed E-state index contributed by atoms with van der Waals surface area (Å²) in [6.45, 7) is 10.0. The lowest BCUT2D eigenvalue weighted by atomic mass is 10.1. The largest absolute Gasteiger partial charge is 1.00 e. The lowest BCUT2D eigenvalue weighted by Crippen LogP contribution is -3.00. The molecule has 0 aliphatic rings. The summed E-state index contributed by atoms with van der Waals surface area (Å²) in [5.74, 6) is 0.538. The number of halogens is 1. The molecule has 1 unspecified atom stereocenters. The highest BCUT2D eigenvalue weighted by Gasteiger charge is 2.46. The summed E-state index contributed by atoms with van der Waals surface area (Å²) in [4.78, 5) is 0. The van der Waals surface area contributed by atoms with E-state index in [1.54, 1.807) is 0 Å². The lowest BCUT2D eigenvalue weighted by molar-refractivity contribution is -0.00000701. The van der Waals surface area contributed by atoms with Crippen LogP contribution in [0.2, 0.25) is 19.6 Å². The molecule has 0 radical (unpaired) electrons. The van der Waals surface area contributed by atoms with Gasteiger partial charge in [0.05, 0.1) is 6.16 Å². The van der Waals surface area contributed by atoms with E-state index in [9.17, 15) is 0 Å². The molecule has 1 nitrogen and oxygen atoms in total. The van der Waals surface area contributed by atoms with E-state index in [0.29, 0.717) is 5.92 Å². The van der Waals surface area contributed by atoms with E-state index in [-0.39, 0.29) is 24.0 Å². The zero-order valence-electron chi connectivity index (χ0n) is 18.6. The van der Waals surface area contributed by atoms with Gasteiger partial charge in [-0.3, -0.25) is 0 Å². The fraction of sp³-hybridized carbons (Fsp3) is 0.308. The molecule has 0 aliphatic carbocycles. The Morgan fingerprint density at radius 2 is 1.07 bits per heavy atom. The van der Waals surface area contributed by atoms with E-state index in [0.717, 1.165) is 19.2 Å². The summed E-state index contributed by atoms with van der Waals surface area (Å²) >= 11 is 0. The summed E-state index contributed by atoms with van der Waals surface area (Å²) < 4.78 is 6.39. The molecule has 0 saturated carbocycles. The maximum atomic E-state index is 6.39. The van der Waals surface area contributed by atoms with Crippen LogP contribution < -0.4 is 39.9 Å². The van der Waals surface area contributed by atoms with Crippen molar-refractivity contribution in [3.8, 4) is 0 Å². The van der Waals surface area contributed by atoms with Crippen LogP contribution >= 0.6 is 7.26 Å². The predicted molar refractivity (Wildman–Crippen MR) is 133 cm³/mol. The zero-order chi connectivity index (χ0) is 20.7. The quantitative estimate of drug-likeness (QED) is 0.227. The Kier molecular flexibility index (Phi) is 9.74. The van der Waals surface area contributed by atoms with Crippen LogP contribution in [0.25, 0.3) is 0 Å². The number of benzene rings is 3. The van der Waals surface area contributed by atoms with Gasteiger partial charge in [0.2, 0.25) is 0 Å². The van der Waals surface area contributed by atoms with Gasteiger partial charge in [-0.2, -0.15) is 0 Å². The first kappa shape index (κ1) is 25.3. The minimum atomic E-state index is -1.77. The molecule has 0 spiro atoms. The predicted octanol–water partition coefficient (Wildman–Crippen LogP) is 2.86. The van der Waals surface area contributed by atoms with Crippen molar-refractivity contribution in [1.29, 1.82) is 0 Å². The van der Waals surface area contributed by atoms with Crippen molar-refractivity contribution in [3.05, 3.63) is 91.0 Å². The second kappa shape index (κ2) is 11.6. The molecule has 0 heterocycles. The van der Waals surface area contributed by atoms with Crippen molar-refractivity contribution in [2.24, 2.45) is 5.92 Å². The van der Waals surface area contributed by atoms with Crippen molar-refractivity contribution in [2.45, 2.75) is 33.0 Å². The maximum Gasteiger partial charge on any atom is 0.183 e. The molecule has 0 aromatic heterocycles. The average Bonchev–Trinajstić information content (AvgIpc) is 2.75. The second-order valence-corrected chi connectivity index (χ2v) is 16.7. The molecule has 0 fully saturated rings. The van der Waals surface area contributed by atoms with Gasteiger partial charge in [-0.25, -0.2) is 0 Å². The molecule has 3 aromatic carbocycles. The Hall–Kier alpha value is -1.00. The van der Waals surface area contributed by atoms with Crippen LogP contribution in [-0.4, -0.2) is 21.1 Å². The average molecular weight is 549 g/mol. The fourth-order valence-electron chi connectivity index (χ4n) is 3.87. The van der Waals surface area contributed by atoms with E-state index in [4.69, 9.17) is 4.43 Å². The smallest absolute Gasteiger partial charge is 0.183 e. The van der Waals surface area contributed by atoms with E-state index in [1.807, 2.05) is 0 Å². The first-order valence-electron chi connectivity index (χ1n) is 10.6. The molecule has 0 N–H and O–H groups in total. The monoisotopic (exact) mass is 548 g/mol. The molecular weight excluding hydrogens is 514 g/mol. The van der Waals surface area contributed by atoms with Gasteiger partial charge in [-0.1, -0.05) is 61.5 Å². The Bertz CT molecular complexity index is 769. The second-order valence-electron chi connectivity index (χ2n) is 8.70. The molecular formula is C26H34IOPSi. The SMILES string of the molecule is CCC(CO[Si](C)(C)C)C[P+](c1ccccc1)(c1ccccc1)c1ccccc1.[I-]. The van der Waals surface area contributed by atoms with Crippen LogP contribution in [0, 0.1) is 5.92 Å². The van der Waals surface area contributed by atoms with Crippen LogP contribution in [0.1, 0.15) is 13.3 Å². The van der Waals surface area contributed by atoms with Gasteiger partial charge >= 0.3 is 0 Å². The van der Waals surface area contributed by atoms with Gasteiger partial charge < -0.3 is 28.4 Å². The Morgan fingerprint density at radius 3 is 1.37 bits per heavy atom. The van der Waals surface area contributed by atoms with E-state index < -0.39 is 15.6 Å². The van der Waals surface area contributed by atoms with E-state index in [2.05, 4.69) is 118 Å². The molecule has 1 atom stereocenters. The standard InChI is InChI=1S/C26H34OPSi.HI/c1-5-23(21-27-29(2,3)4)22-28(24-15-9-6-10-16-24,25-17-11-7-12-18-25)26-19-13-8-14-20-26;/h6-20,23H,5,21-22H2,1-4H3;1H/q+1;/p-1. The zero-order valence-corrected chi connectivity index (χ0v) is 22.6. The van der Waals surface area contributed by atoms with Crippen molar-refractivity contribution in [1.82, 2.24) is 0 Å². The lowest BCUT2D eigenvalue weighted by Gasteiger charge is -2.32. The summed E-state index contributed by atoms with van der Waals surface area (Å²) in [7, 11) is -3.31. The highest BCUT2D eigenvalue weighted by molar-refractivity contribution is 7.95. The number of hydrogen-bond acceptors (Lipinski definition) is 1. The normalized spacial score (nSPS) is 12.8. The topological polar surface area (TPSA) is 9.23 Å². The van der Waals surface area contributed by atoms with Gasteiger partial charge in [0.25, 0.3) is 0 Å². The number of rotatable bonds is 9. The molecule has 0 amide bonds. The molecule has 0 bridgehead atoms. The molecule has 160 valence electrons. The third-order valence-corrected chi connectivity index (χ3v) is 11.1. The van der Waals surface area contributed by atoms with E-state index >= 15 is 0 Å². The Labute approximate surface area is 201 Å². The summed E-state index contributed by atoms with van der Waals surface area (Å²) in [5.41, 5.74) is 0. The first-order valence-corrected chi connectivity index (χ1v) is 16.0. The third-order valence-electron chi connectivity index (χ3n) is 5.45.